The lowest BCUT2D eigenvalue weighted by molar-refractivity contribution is -0.135. The summed E-state index contributed by atoms with van der Waals surface area (Å²) in [6.45, 7) is 2.34. The molecule has 0 atom stereocenters. The van der Waals surface area contributed by atoms with Crippen LogP contribution in [0.25, 0.3) is 0 Å². The second-order valence-corrected chi connectivity index (χ2v) is 6.06. The molecule has 140 valence electrons. The van der Waals surface area contributed by atoms with Gasteiger partial charge in [-0.25, -0.2) is 0 Å². The number of amides is 1. The molecule has 0 aliphatic rings. The topological polar surface area (TPSA) is 90.2 Å². The first-order valence-corrected chi connectivity index (χ1v) is 9.20. The van der Waals surface area contributed by atoms with E-state index in [9.17, 15) is 9.59 Å². The molecule has 0 aromatic heterocycles. The van der Waals surface area contributed by atoms with Gasteiger partial charge in [-0.3, -0.25) is 14.6 Å². The maximum absolute atomic E-state index is 12.1. The van der Waals surface area contributed by atoms with E-state index in [1.165, 1.54) is 56.1 Å². The number of carbonyl (C=O) groups excluding carboxylic acids is 1. The van der Waals surface area contributed by atoms with Crippen LogP contribution in [0.15, 0.2) is 4.99 Å². The summed E-state index contributed by atoms with van der Waals surface area (Å²) in [6.07, 6.45) is 12.7. The summed E-state index contributed by atoms with van der Waals surface area (Å²) in [6, 6.07) is 0. The lowest BCUT2D eigenvalue weighted by atomic mass is 10.1. The van der Waals surface area contributed by atoms with Crippen LogP contribution in [0.2, 0.25) is 0 Å². The second kappa shape index (κ2) is 16.4. The van der Waals surface area contributed by atoms with Crippen LogP contribution in [-0.2, 0) is 9.59 Å². The molecule has 0 spiro atoms. The van der Waals surface area contributed by atoms with Gasteiger partial charge in [-0.05, 0) is 6.42 Å². The first kappa shape index (κ1) is 22.6. The molecule has 0 aromatic carbocycles. The maximum Gasteiger partial charge on any atom is 0.325 e. The highest BCUT2D eigenvalue weighted by atomic mass is 16.4. The first-order valence-electron chi connectivity index (χ1n) is 9.20. The number of unbranched alkanes of at least 4 members (excludes halogenated alkanes) is 8. The fraction of sp³-hybridized carbons (Fsp3) is 0.833. The molecule has 0 saturated carbocycles. The number of hydrogen-bond donors (Lipinski definition) is 2. The summed E-state index contributed by atoms with van der Waals surface area (Å²) >= 11 is 0. The maximum atomic E-state index is 12.1. The highest BCUT2D eigenvalue weighted by Crippen LogP contribution is 2.11. The monoisotopic (exact) mass is 342 g/mol. The number of rotatable bonds is 16. The van der Waals surface area contributed by atoms with Crippen LogP contribution in [0.1, 0.15) is 71.1 Å². The standard InChI is InChI=1S/C18H34N2O4/c1-2-3-4-5-6-7-8-9-10-11-17(22)20(14-15-21)13-12-19-16-18(23)24/h12,21H,2-11,13-16H2,1H3,(H,23,24). The zero-order chi connectivity index (χ0) is 18.0. The van der Waals surface area contributed by atoms with Gasteiger partial charge in [0.05, 0.1) is 13.2 Å². The van der Waals surface area contributed by atoms with Crippen LogP contribution < -0.4 is 0 Å². The summed E-state index contributed by atoms with van der Waals surface area (Å²) in [5, 5.41) is 17.5. The second-order valence-electron chi connectivity index (χ2n) is 6.06. The van der Waals surface area contributed by atoms with Gasteiger partial charge < -0.3 is 15.1 Å². The number of carbonyl (C=O) groups is 2. The van der Waals surface area contributed by atoms with Gasteiger partial charge in [-0.1, -0.05) is 58.3 Å². The van der Waals surface area contributed by atoms with Gasteiger partial charge in [-0.15, -0.1) is 0 Å². The number of carboxylic acid groups (broad SMARTS) is 1. The van der Waals surface area contributed by atoms with E-state index in [-0.39, 0.29) is 32.1 Å². The summed E-state index contributed by atoms with van der Waals surface area (Å²) in [5.41, 5.74) is 0. The van der Waals surface area contributed by atoms with E-state index in [0.29, 0.717) is 6.42 Å². The van der Waals surface area contributed by atoms with Crippen molar-refractivity contribution >= 4 is 18.1 Å². The van der Waals surface area contributed by atoms with E-state index in [4.69, 9.17) is 10.2 Å². The molecule has 0 unspecified atom stereocenters. The van der Waals surface area contributed by atoms with Gasteiger partial charge in [0.15, 0.2) is 0 Å². The lowest BCUT2D eigenvalue weighted by Crippen LogP contribution is -2.35. The van der Waals surface area contributed by atoms with Crippen molar-refractivity contribution in [3.05, 3.63) is 0 Å². The molecule has 6 heteroatoms. The Hall–Kier alpha value is -1.43. The molecule has 0 heterocycles. The van der Waals surface area contributed by atoms with Crippen LogP contribution in [-0.4, -0.2) is 59.4 Å². The molecule has 0 bridgehead atoms. The van der Waals surface area contributed by atoms with Gasteiger partial charge >= 0.3 is 5.97 Å². The quantitative estimate of drug-likeness (QED) is 0.333. The van der Waals surface area contributed by atoms with E-state index >= 15 is 0 Å². The number of carboxylic acids is 1. The van der Waals surface area contributed by atoms with Crippen LogP contribution in [0, 0.1) is 0 Å². The first-order chi connectivity index (χ1) is 11.6. The van der Waals surface area contributed by atoms with Crippen molar-refractivity contribution in [2.45, 2.75) is 71.1 Å². The average molecular weight is 342 g/mol. The normalized spacial score (nSPS) is 11.1. The molecule has 0 aliphatic carbocycles. The highest BCUT2D eigenvalue weighted by molar-refractivity contribution is 5.79. The molecular formula is C18H34N2O4. The highest BCUT2D eigenvalue weighted by Gasteiger charge is 2.11. The van der Waals surface area contributed by atoms with Gasteiger partial charge in [0, 0.05) is 19.2 Å². The Morgan fingerprint density at radius 1 is 1.00 bits per heavy atom. The minimum absolute atomic E-state index is 0.00577. The van der Waals surface area contributed by atoms with Crippen LogP contribution in [0.4, 0.5) is 0 Å². The Morgan fingerprint density at radius 3 is 2.12 bits per heavy atom. The fourth-order valence-electron chi connectivity index (χ4n) is 2.48. The molecule has 0 aliphatic heterocycles. The third-order valence-electron chi connectivity index (χ3n) is 3.87. The zero-order valence-electron chi connectivity index (χ0n) is 15.1. The molecule has 0 fully saturated rings. The number of aliphatic hydroxyl groups excluding tert-OH is 1. The molecule has 0 radical (unpaired) electrons. The van der Waals surface area contributed by atoms with Crippen molar-refractivity contribution in [3.63, 3.8) is 0 Å². The number of nitrogens with zero attached hydrogens (tertiary/aromatic N) is 2. The van der Waals surface area contributed by atoms with Gasteiger partial charge in [0.2, 0.25) is 5.91 Å². The van der Waals surface area contributed by atoms with Crippen molar-refractivity contribution in [1.82, 2.24) is 4.90 Å². The molecule has 24 heavy (non-hydrogen) atoms. The molecule has 6 nitrogen and oxygen atoms in total. The molecule has 0 aromatic rings. The Morgan fingerprint density at radius 2 is 1.58 bits per heavy atom. The smallest absolute Gasteiger partial charge is 0.325 e. The van der Waals surface area contributed by atoms with E-state index in [0.717, 1.165) is 12.8 Å². The van der Waals surface area contributed by atoms with Crippen molar-refractivity contribution in [2.24, 2.45) is 4.99 Å². The minimum Gasteiger partial charge on any atom is -0.480 e. The fourth-order valence-corrected chi connectivity index (χ4v) is 2.48. The Bertz CT molecular complexity index is 359. The molecule has 2 N–H and O–H groups in total. The Balaban J connectivity index is 3.78. The van der Waals surface area contributed by atoms with Crippen molar-refractivity contribution < 1.29 is 19.8 Å². The number of aliphatic hydroxyl groups is 1. The third kappa shape index (κ3) is 14.2. The average Bonchev–Trinajstić information content (AvgIpc) is 2.55. The lowest BCUT2D eigenvalue weighted by Gasteiger charge is -2.19. The Labute approximate surface area is 146 Å². The van der Waals surface area contributed by atoms with Crippen LogP contribution >= 0.6 is 0 Å². The summed E-state index contributed by atoms with van der Waals surface area (Å²) < 4.78 is 0. The number of aliphatic imine (C=N–C) groups is 1. The van der Waals surface area contributed by atoms with Crippen molar-refractivity contribution in [1.29, 1.82) is 0 Å². The summed E-state index contributed by atoms with van der Waals surface area (Å²) in [7, 11) is 0. The Kier molecular flexibility index (Phi) is 15.4. The zero-order valence-corrected chi connectivity index (χ0v) is 15.1. The SMILES string of the molecule is CCCCCCCCCCCC(=O)N(CC=NCC(=O)O)CCO. The number of hydrogen-bond acceptors (Lipinski definition) is 4. The predicted octanol–water partition coefficient (Wildman–Crippen LogP) is 2.88. The minimum atomic E-state index is -0.999. The molecule has 0 saturated heterocycles. The molecular weight excluding hydrogens is 308 g/mol. The van der Waals surface area contributed by atoms with E-state index in [1.807, 2.05) is 0 Å². The summed E-state index contributed by atoms with van der Waals surface area (Å²) in [5.74, 6) is -1.00. The van der Waals surface area contributed by atoms with E-state index in [1.54, 1.807) is 0 Å². The van der Waals surface area contributed by atoms with Crippen molar-refractivity contribution in [2.75, 3.05) is 26.2 Å². The molecule has 1 amide bonds. The number of aliphatic carboxylic acids is 1. The van der Waals surface area contributed by atoms with Gasteiger partial charge in [-0.2, -0.15) is 0 Å². The summed E-state index contributed by atoms with van der Waals surface area (Å²) in [4.78, 5) is 27.7. The van der Waals surface area contributed by atoms with E-state index in [2.05, 4.69) is 11.9 Å². The van der Waals surface area contributed by atoms with Crippen LogP contribution in [0.3, 0.4) is 0 Å². The van der Waals surface area contributed by atoms with E-state index < -0.39 is 5.97 Å². The third-order valence-corrected chi connectivity index (χ3v) is 3.87. The van der Waals surface area contributed by atoms with Gasteiger partial charge in [0.1, 0.15) is 6.54 Å². The predicted molar refractivity (Wildman–Crippen MR) is 96.5 cm³/mol. The van der Waals surface area contributed by atoms with Crippen molar-refractivity contribution in [3.8, 4) is 0 Å². The van der Waals surface area contributed by atoms with Gasteiger partial charge in [0.25, 0.3) is 0 Å². The largest absolute Gasteiger partial charge is 0.480 e. The van der Waals surface area contributed by atoms with Crippen LogP contribution in [0.5, 0.6) is 0 Å². The molecule has 0 rings (SSSR count).